The van der Waals surface area contributed by atoms with Gasteiger partial charge in [-0.25, -0.2) is 4.68 Å². The number of rotatable bonds is 4. The molecule has 0 unspecified atom stereocenters. The van der Waals surface area contributed by atoms with Gasteiger partial charge in [-0.05, 0) is 67.9 Å². The Labute approximate surface area is 291 Å². The molecule has 262 valence electrons. The van der Waals surface area contributed by atoms with Gasteiger partial charge in [0.25, 0.3) is 0 Å². The molecule has 0 amide bonds. The highest BCUT2D eigenvalue weighted by molar-refractivity contribution is 6.58. The molecular formula is C37H43BF2N6O4. The predicted octanol–water partition coefficient (Wildman–Crippen LogP) is 5.67. The van der Waals surface area contributed by atoms with E-state index in [1.54, 1.807) is 18.5 Å². The van der Waals surface area contributed by atoms with E-state index in [2.05, 4.69) is 27.3 Å². The highest BCUT2D eigenvalue weighted by Crippen LogP contribution is 2.44. The summed E-state index contributed by atoms with van der Waals surface area (Å²) in [6, 6.07) is 18.0. The van der Waals surface area contributed by atoms with E-state index < -0.39 is 6.97 Å². The number of halogens is 2. The summed E-state index contributed by atoms with van der Waals surface area (Å²) in [5.74, 6) is 0. The number of hydrogen-bond acceptors (Lipinski definition) is 7. The lowest BCUT2D eigenvalue weighted by molar-refractivity contribution is -0.363. The Morgan fingerprint density at radius 3 is 1.90 bits per heavy atom. The average molecular weight is 685 g/mol. The predicted molar refractivity (Wildman–Crippen MR) is 190 cm³/mol. The summed E-state index contributed by atoms with van der Waals surface area (Å²) in [4.78, 5) is 2.24. The number of hydrogen-bond donors (Lipinski definition) is 0. The molecule has 3 aliphatic rings. The monoisotopic (exact) mass is 684 g/mol. The highest BCUT2D eigenvalue weighted by atomic mass is 19.2. The van der Waals surface area contributed by atoms with Crippen LogP contribution in [0.15, 0.2) is 78.1 Å². The van der Waals surface area contributed by atoms with Crippen molar-refractivity contribution in [1.82, 2.24) is 19.5 Å². The molecule has 0 spiro atoms. The molecule has 1 saturated heterocycles. The van der Waals surface area contributed by atoms with E-state index in [0.29, 0.717) is 81.3 Å². The number of aromatic nitrogens is 4. The van der Waals surface area contributed by atoms with Gasteiger partial charge in [-0.2, -0.15) is 0 Å². The van der Waals surface area contributed by atoms with Crippen LogP contribution in [0.5, 0.6) is 0 Å². The van der Waals surface area contributed by atoms with Crippen molar-refractivity contribution in [2.45, 2.75) is 27.7 Å². The molecule has 0 aliphatic carbocycles. The Bertz CT molecular complexity index is 1930. The number of fused-ring (bicyclic) bond motifs is 2. The maximum absolute atomic E-state index is 16.0. The van der Waals surface area contributed by atoms with Crippen molar-refractivity contribution in [1.29, 1.82) is 0 Å². The molecule has 5 heterocycles. The number of aryl methyl sites for hydroxylation is 2. The molecule has 0 saturated carbocycles. The van der Waals surface area contributed by atoms with Gasteiger partial charge in [-0.3, -0.25) is 0 Å². The lowest BCUT2D eigenvalue weighted by Gasteiger charge is -2.34. The van der Waals surface area contributed by atoms with E-state index in [1.165, 1.54) is 8.96 Å². The second-order valence-electron chi connectivity index (χ2n) is 12.9. The number of ether oxygens (including phenoxy) is 4. The molecule has 4 aromatic rings. The van der Waals surface area contributed by atoms with Crippen LogP contribution in [0.4, 0.5) is 14.3 Å². The summed E-state index contributed by atoms with van der Waals surface area (Å²) in [6.07, 6.45) is 3.74. The van der Waals surface area contributed by atoms with Crippen molar-refractivity contribution in [3.63, 3.8) is 0 Å². The Kier molecular flexibility index (Phi) is 9.83. The van der Waals surface area contributed by atoms with Crippen LogP contribution in [-0.4, -0.2) is 103 Å². The SMILES string of the molecule is CC1=CC(C)=[N+]2C1=C(c1ccc(-c3cn(-c4ccc(N5CCOCCOCCOCCOCC5)cc4)nn3)cc1)c1c(C)cc(C)n1[B-]2(F)F. The van der Waals surface area contributed by atoms with E-state index in [9.17, 15) is 0 Å². The smallest absolute Gasteiger partial charge is 0.393 e. The van der Waals surface area contributed by atoms with Crippen LogP contribution in [0, 0.1) is 13.8 Å². The van der Waals surface area contributed by atoms with Crippen molar-refractivity contribution < 1.29 is 32.1 Å². The quantitative estimate of drug-likeness (QED) is 0.257. The summed E-state index contributed by atoms with van der Waals surface area (Å²) in [5, 5.41) is 8.87. The van der Waals surface area contributed by atoms with Crippen LogP contribution in [0.25, 0.3) is 22.5 Å². The highest BCUT2D eigenvalue weighted by Gasteiger charge is 2.55. The third-order valence-electron chi connectivity index (χ3n) is 9.50. The van der Waals surface area contributed by atoms with Gasteiger partial charge < -0.3 is 41.4 Å². The van der Waals surface area contributed by atoms with Crippen molar-refractivity contribution >= 4 is 23.9 Å². The maximum atomic E-state index is 16.0. The zero-order chi connectivity index (χ0) is 34.8. The number of anilines is 1. The Hall–Kier alpha value is -4.43. The molecule has 7 rings (SSSR count). The average Bonchev–Trinajstić information content (AvgIpc) is 3.79. The Morgan fingerprint density at radius 1 is 0.720 bits per heavy atom. The summed E-state index contributed by atoms with van der Waals surface area (Å²) < 4.78 is 58.9. The van der Waals surface area contributed by atoms with Gasteiger partial charge in [0.1, 0.15) is 11.4 Å². The first kappa shape index (κ1) is 34.0. The number of nitrogens with zero attached hydrogens (tertiary/aromatic N) is 6. The molecule has 13 heteroatoms. The number of benzene rings is 2. The fraction of sp³-hybridized carbons (Fsp3) is 0.378. The minimum absolute atomic E-state index is 0.542. The molecule has 1 fully saturated rings. The first-order chi connectivity index (χ1) is 24.2. The minimum atomic E-state index is -4.02. The first-order valence-corrected chi connectivity index (χ1v) is 17.2. The zero-order valence-electron chi connectivity index (χ0n) is 29.1. The zero-order valence-corrected chi connectivity index (χ0v) is 29.1. The fourth-order valence-corrected chi connectivity index (χ4v) is 7.20. The van der Waals surface area contributed by atoms with Crippen LogP contribution in [0.1, 0.15) is 36.4 Å². The van der Waals surface area contributed by atoms with E-state index in [-0.39, 0.29) is 0 Å². The fourth-order valence-electron chi connectivity index (χ4n) is 7.20. The van der Waals surface area contributed by atoms with Crippen LogP contribution in [-0.2, 0) is 18.9 Å². The second kappa shape index (κ2) is 14.4. The normalized spacial score (nSPS) is 19.2. The Balaban J connectivity index is 1.10. The number of allylic oxidation sites excluding steroid dienone is 2. The maximum Gasteiger partial charge on any atom is 0.737 e. The molecule has 0 atom stereocenters. The van der Waals surface area contributed by atoms with E-state index in [4.69, 9.17) is 18.9 Å². The second-order valence-corrected chi connectivity index (χ2v) is 12.9. The van der Waals surface area contributed by atoms with Crippen LogP contribution in [0.2, 0.25) is 0 Å². The molecule has 2 aromatic carbocycles. The Morgan fingerprint density at radius 2 is 1.28 bits per heavy atom. The molecule has 0 bridgehead atoms. The summed E-state index contributed by atoms with van der Waals surface area (Å²) in [7, 11) is 0. The van der Waals surface area contributed by atoms with Crippen molar-refractivity contribution in [3.05, 3.63) is 101 Å². The van der Waals surface area contributed by atoms with Crippen molar-refractivity contribution in [2.24, 2.45) is 0 Å². The molecular weight excluding hydrogens is 641 g/mol. The van der Waals surface area contributed by atoms with Gasteiger partial charge in [-0.1, -0.05) is 29.5 Å². The summed E-state index contributed by atoms with van der Waals surface area (Å²) in [5.41, 5.74) is 9.10. The van der Waals surface area contributed by atoms with E-state index >= 15 is 8.63 Å². The molecule has 50 heavy (non-hydrogen) atoms. The van der Waals surface area contributed by atoms with Crippen molar-refractivity contribution in [3.8, 4) is 16.9 Å². The van der Waals surface area contributed by atoms with E-state index in [1.807, 2.05) is 68.6 Å². The molecule has 0 N–H and O–H groups in total. The standard InChI is InChI=1S/C37H43BF2N6O4/c1-26-23-28(3)45-36(26)35(37-27(2)24-29(4)46(37)38(45,39)40)31-7-5-30(6-8-31)34-25-44(42-41-34)33-11-9-32(10-12-33)43-13-15-47-17-19-49-21-22-50-20-18-48-16-14-43/h5-12,23-25H,13-22H2,1-4H3. The van der Waals surface area contributed by atoms with Gasteiger partial charge in [0.05, 0.1) is 70.3 Å². The third-order valence-corrected chi connectivity index (χ3v) is 9.50. The molecule has 10 nitrogen and oxygen atoms in total. The first-order valence-electron chi connectivity index (χ1n) is 17.2. The van der Waals surface area contributed by atoms with Crippen LogP contribution in [0.3, 0.4) is 0 Å². The van der Waals surface area contributed by atoms with E-state index in [0.717, 1.165) is 52.3 Å². The van der Waals surface area contributed by atoms with Crippen LogP contribution < -0.4 is 4.90 Å². The van der Waals surface area contributed by atoms with Gasteiger partial charge in [0, 0.05) is 48.6 Å². The largest absolute Gasteiger partial charge is 0.737 e. The third kappa shape index (κ3) is 6.58. The van der Waals surface area contributed by atoms with Gasteiger partial charge in [-0.15, -0.1) is 5.10 Å². The lowest BCUT2D eigenvalue weighted by atomic mass is 9.83. The lowest BCUT2D eigenvalue weighted by Crippen LogP contribution is -2.51. The molecule has 0 radical (unpaired) electrons. The molecule has 2 aromatic heterocycles. The summed E-state index contributed by atoms with van der Waals surface area (Å²) >= 11 is 0. The van der Waals surface area contributed by atoms with Crippen molar-refractivity contribution in [2.75, 3.05) is 70.8 Å². The topological polar surface area (TPSA) is 78.8 Å². The van der Waals surface area contributed by atoms with Gasteiger partial charge >= 0.3 is 6.97 Å². The van der Waals surface area contributed by atoms with Gasteiger partial charge in [0.15, 0.2) is 5.70 Å². The van der Waals surface area contributed by atoms with Gasteiger partial charge in [0.2, 0.25) is 0 Å². The van der Waals surface area contributed by atoms with Crippen LogP contribution >= 0.6 is 0 Å². The minimum Gasteiger partial charge on any atom is -0.393 e. The molecule has 3 aliphatic heterocycles. The summed E-state index contributed by atoms with van der Waals surface area (Å²) in [6.45, 7) is 9.18.